The third kappa shape index (κ3) is 4.16. The van der Waals surface area contributed by atoms with E-state index in [1.54, 1.807) is 13.0 Å². The zero-order valence-electron chi connectivity index (χ0n) is 8.86. The summed E-state index contributed by atoms with van der Waals surface area (Å²) in [5, 5.41) is 0.131. The standard InChI is InChI=1S/C11H14N2OS/c1-8-10(5-6-11(12)13-8)4-3-7-15-9(2)14/h3-6H,7H2,1-2H3,(H2,12,13). The maximum atomic E-state index is 10.7. The molecule has 0 unspecified atom stereocenters. The van der Waals surface area contributed by atoms with Crippen molar-refractivity contribution in [3.05, 3.63) is 29.5 Å². The summed E-state index contributed by atoms with van der Waals surface area (Å²) in [7, 11) is 0. The molecule has 0 amide bonds. The van der Waals surface area contributed by atoms with E-state index in [4.69, 9.17) is 5.73 Å². The largest absolute Gasteiger partial charge is 0.384 e. The number of carbonyl (C=O) groups excluding carboxylic acids is 1. The van der Waals surface area contributed by atoms with Crippen LogP contribution in [-0.4, -0.2) is 15.9 Å². The lowest BCUT2D eigenvalue weighted by Crippen LogP contribution is -1.93. The molecule has 0 bridgehead atoms. The van der Waals surface area contributed by atoms with E-state index in [1.165, 1.54) is 11.8 Å². The van der Waals surface area contributed by atoms with E-state index in [2.05, 4.69) is 4.98 Å². The van der Waals surface area contributed by atoms with Crippen LogP contribution in [0.4, 0.5) is 5.82 Å². The molecule has 1 heterocycles. The van der Waals surface area contributed by atoms with Crippen LogP contribution in [0.5, 0.6) is 0 Å². The molecule has 80 valence electrons. The molecule has 4 heteroatoms. The predicted octanol–water partition coefficient (Wildman–Crippen LogP) is 2.27. The number of nitrogens with two attached hydrogens (primary N) is 1. The van der Waals surface area contributed by atoms with E-state index in [0.717, 1.165) is 11.3 Å². The minimum absolute atomic E-state index is 0.131. The van der Waals surface area contributed by atoms with Crippen LogP contribution in [0.2, 0.25) is 0 Å². The molecule has 1 rings (SSSR count). The van der Waals surface area contributed by atoms with Gasteiger partial charge in [-0.25, -0.2) is 4.98 Å². The maximum Gasteiger partial charge on any atom is 0.186 e. The number of anilines is 1. The Morgan fingerprint density at radius 3 is 2.93 bits per heavy atom. The van der Waals surface area contributed by atoms with Crippen molar-refractivity contribution in [2.24, 2.45) is 0 Å². The Kier molecular flexibility index (Phi) is 4.37. The van der Waals surface area contributed by atoms with Gasteiger partial charge in [-0.3, -0.25) is 4.79 Å². The van der Waals surface area contributed by atoms with Crippen molar-refractivity contribution in [2.45, 2.75) is 13.8 Å². The monoisotopic (exact) mass is 222 g/mol. The third-order valence-corrected chi connectivity index (χ3v) is 2.59. The summed E-state index contributed by atoms with van der Waals surface area (Å²) < 4.78 is 0. The zero-order chi connectivity index (χ0) is 11.3. The molecular weight excluding hydrogens is 208 g/mol. The van der Waals surface area contributed by atoms with Crippen LogP contribution in [-0.2, 0) is 4.79 Å². The van der Waals surface area contributed by atoms with Crippen molar-refractivity contribution in [1.29, 1.82) is 0 Å². The zero-order valence-corrected chi connectivity index (χ0v) is 9.67. The number of hydrogen-bond acceptors (Lipinski definition) is 4. The van der Waals surface area contributed by atoms with Crippen molar-refractivity contribution < 1.29 is 4.79 Å². The summed E-state index contributed by atoms with van der Waals surface area (Å²) in [4.78, 5) is 14.8. The first-order chi connectivity index (χ1) is 7.09. The molecule has 0 saturated heterocycles. The van der Waals surface area contributed by atoms with E-state index < -0.39 is 0 Å². The molecule has 1 aromatic rings. The molecule has 0 aliphatic carbocycles. The molecule has 0 aromatic carbocycles. The highest BCUT2D eigenvalue weighted by atomic mass is 32.2. The number of nitrogen functional groups attached to an aromatic ring is 1. The van der Waals surface area contributed by atoms with Crippen LogP contribution in [0, 0.1) is 6.92 Å². The van der Waals surface area contributed by atoms with Crippen molar-refractivity contribution in [1.82, 2.24) is 4.98 Å². The second-order valence-corrected chi connectivity index (χ2v) is 4.31. The third-order valence-electron chi connectivity index (χ3n) is 1.83. The van der Waals surface area contributed by atoms with Gasteiger partial charge in [-0.2, -0.15) is 0 Å². The topological polar surface area (TPSA) is 56.0 Å². The highest BCUT2D eigenvalue weighted by Gasteiger charge is 1.96. The molecule has 0 aliphatic rings. The van der Waals surface area contributed by atoms with Gasteiger partial charge in [0.15, 0.2) is 5.12 Å². The normalized spacial score (nSPS) is 10.8. The molecule has 15 heavy (non-hydrogen) atoms. The lowest BCUT2D eigenvalue weighted by atomic mass is 10.2. The van der Waals surface area contributed by atoms with Crippen molar-refractivity contribution in [3.63, 3.8) is 0 Å². The number of carbonyl (C=O) groups is 1. The molecule has 0 radical (unpaired) electrons. The van der Waals surface area contributed by atoms with Gasteiger partial charge in [-0.15, -0.1) is 0 Å². The van der Waals surface area contributed by atoms with Gasteiger partial charge < -0.3 is 5.73 Å². The highest BCUT2D eigenvalue weighted by Crippen LogP contribution is 2.11. The fourth-order valence-electron chi connectivity index (χ4n) is 1.11. The van der Waals surface area contributed by atoms with Crippen LogP contribution in [0.15, 0.2) is 18.2 Å². The maximum absolute atomic E-state index is 10.7. The first-order valence-corrected chi connectivity index (χ1v) is 5.61. The summed E-state index contributed by atoms with van der Waals surface area (Å²) in [5.41, 5.74) is 7.48. The van der Waals surface area contributed by atoms with Gasteiger partial charge in [0.2, 0.25) is 0 Å². The molecule has 0 atom stereocenters. The summed E-state index contributed by atoms with van der Waals surface area (Å²) in [6.45, 7) is 3.47. The fourth-order valence-corrected chi connectivity index (χ4v) is 1.54. The summed E-state index contributed by atoms with van der Waals surface area (Å²) in [6, 6.07) is 3.69. The Morgan fingerprint density at radius 1 is 1.60 bits per heavy atom. The van der Waals surface area contributed by atoms with Gasteiger partial charge >= 0.3 is 0 Å². The minimum Gasteiger partial charge on any atom is -0.384 e. The summed E-state index contributed by atoms with van der Waals surface area (Å²) in [6.07, 6.45) is 3.91. The van der Waals surface area contributed by atoms with Gasteiger partial charge in [-0.05, 0) is 24.6 Å². The van der Waals surface area contributed by atoms with Crippen LogP contribution in [0.3, 0.4) is 0 Å². The number of nitrogens with zero attached hydrogens (tertiary/aromatic N) is 1. The van der Waals surface area contributed by atoms with Gasteiger partial charge in [0.1, 0.15) is 5.82 Å². The van der Waals surface area contributed by atoms with Crippen LogP contribution in [0.1, 0.15) is 18.2 Å². The minimum atomic E-state index is 0.131. The Hall–Kier alpha value is -1.29. The first kappa shape index (κ1) is 11.8. The van der Waals surface area contributed by atoms with Gasteiger partial charge in [0, 0.05) is 18.4 Å². The van der Waals surface area contributed by atoms with E-state index >= 15 is 0 Å². The Labute approximate surface area is 93.8 Å². The number of pyridine rings is 1. The number of aryl methyl sites for hydroxylation is 1. The average molecular weight is 222 g/mol. The van der Waals surface area contributed by atoms with E-state index in [1.807, 2.05) is 25.1 Å². The fraction of sp³-hybridized carbons (Fsp3) is 0.273. The lowest BCUT2D eigenvalue weighted by Gasteiger charge is -2.00. The average Bonchev–Trinajstić information content (AvgIpc) is 2.14. The van der Waals surface area contributed by atoms with E-state index in [-0.39, 0.29) is 5.12 Å². The molecule has 0 saturated carbocycles. The van der Waals surface area contributed by atoms with Gasteiger partial charge in [0.25, 0.3) is 0 Å². The van der Waals surface area contributed by atoms with Gasteiger partial charge in [-0.1, -0.05) is 23.9 Å². The molecular formula is C11H14N2OS. The van der Waals surface area contributed by atoms with Crippen LogP contribution >= 0.6 is 11.8 Å². The Bertz CT molecular complexity index is 388. The summed E-state index contributed by atoms with van der Waals surface area (Å²) >= 11 is 1.29. The van der Waals surface area contributed by atoms with Crippen molar-refractivity contribution in [3.8, 4) is 0 Å². The predicted molar refractivity (Wildman–Crippen MR) is 65.6 cm³/mol. The number of thioether (sulfide) groups is 1. The van der Waals surface area contributed by atoms with Gasteiger partial charge in [0.05, 0.1) is 0 Å². The van der Waals surface area contributed by atoms with Crippen LogP contribution < -0.4 is 5.73 Å². The SMILES string of the molecule is CC(=O)SCC=Cc1ccc(N)nc1C. The molecule has 1 aromatic heterocycles. The molecule has 0 spiro atoms. The molecule has 0 aliphatic heterocycles. The lowest BCUT2D eigenvalue weighted by molar-refractivity contribution is -0.109. The smallest absolute Gasteiger partial charge is 0.186 e. The van der Waals surface area contributed by atoms with Crippen molar-refractivity contribution >= 4 is 28.8 Å². The van der Waals surface area contributed by atoms with E-state index in [9.17, 15) is 4.79 Å². The Morgan fingerprint density at radius 2 is 2.33 bits per heavy atom. The molecule has 2 N–H and O–H groups in total. The second-order valence-electron chi connectivity index (χ2n) is 3.12. The number of aromatic nitrogens is 1. The van der Waals surface area contributed by atoms with E-state index in [0.29, 0.717) is 11.6 Å². The first-order valence-electron chi connectivity index (χ1n) is 4.62. The number of hydrogen-bond donors (Lipinski definition) is 1. The van der Waals surface area contributed by atoms with Crippen molar-refractivity contribution in [2.75, 3.05) is 11.5 Å². The quantitative estimate of drug-likeness (QED) is 0.852. The van der Waals surface area contributed by atoms with Crippen LogP contribution in [0.25, 0.3) is 6.08 Å². The Balaban J connectivity index is 2.60. The highest BCUT2D eigenvalue weighted by molar-refractivity contribution is 8.13. The second kappa shape index (κ2) is 5.56. The number of rotatable bonds is 3. The summed E-state index contributed by atoms with van der Waals surface area (Å²) in [5.74, 6) is 1.22. The molecule has 0 fully saturated rings. The molecule has 3 nitrogen and oxygen atoms in total.